The second kappa shape index (κ2) is 10.9. The van der Waals surface area contributed by atoms with Gasteiger partial charge < -0.3 is 15.4 Å². The first-order valence-electron chi connectivity index (χ1n) is 9.78. The summed E-state index contributed by atoms with van der Waals surface area (Å²) >= 11 is 0. The van der Waals surface area contributed by atoms with Crippen LogP contribution in [0.2, 0.25) is 0 Å². The number of guanidine groups is 1. The van der Waals surface area contributed by atoms with E-state index in [-0.39, 0.29) is 0 Å². The van der Waals surface area contributed by atoms with Crippen LogP contribution in [0.5, 0.6) is 5.75 Å². The zero-order valence-electron chi connectivity index (χ0n) is 17.7. The highest BCUT2D eigenvalue weighted by Crippen LogP contribution is 2.20. The Balaban J connectivity index is 1.90. The van der Waals surface area contributed by atoms with E-state index in [9.17, 15) is 8.42 Å². The number of benzene rings is 2. The lowest BCUT2D eigenvalue weighted by Crippen LogP contribution is -2.38. The number of hydrogen-bond donors (Lipinski definition) is 2. The lowest BCUT2D eigenvalue weighted by molar-refractivity contribution is 0.409. The molecule has 0 amide bonds. The van der Waals surface area contributed by atoms with E-state index >= 15 is 0 Å². The van der Waals surface area contributed by atoms with Crippen molar-refractivity contribution in [3.05, 3.63) is 59.2 Å². The number of rotatable bonds is 9. The van der Waals surface area contributed by atoms with Crippen molar-refractivity contribution >= 4 is 15.8 Å². The molecule has 2 rings (SSSR count). The van der Waals surface area contributed by atoms with Crippen LogP contribution < -0.4 is 15.4 Å². The number of nitrogens with one attached hydrogen (secondary N) is 2. The zero-order valence-corrected chi connectivity index (χ0v) is 18.5. The maximum atomic E-state index is 11.5. The number of aliphatic imine (C=N–C) groups is 1. The Labute approximate surface area is 174 Å². The molecule has 0 spiro atoms. The molecule has 2 aromatic carbocycles. The highest BCUT2D eigenvalue weighted by atomic mass is 32.2. The van der Waals surface area contributed by atoms with Crippen LogP contribution in [-0.4, -0.2) is 47.4 Å². The summed E-state index contributed by atoms with van der Waals surface area (Å²) in [4.78, 5) is 4.99. The van der Waals surface area contributed by atoms with Gasteiger partial charge in [0.05, 0.1) is 12.0 Å². The van der Waals surface area contributed by atoms with Gasteiger partial charge in [-0.15, -0.1) is 0 Å². The second-order valence-corrected chi connectivity index (χ2v) is 8.93. The van der Waals surface area contributed by atoms with Gasteiger partial charge in [0.2, 0.25) is 0 Å². The molecule has 0 unspecified atom stereocenters. The fourth-order valence-corrected chi connectivity index (χ4v) is 3.59. The molecule has 0 heterocycles. The quantitative estimate of drug-likeness (QED) is 0.484. The van der Waals surface area contributed by atoms with Crippen molar-refractivity contribution in [2.45, 2.75) is 31.6 Å². The Morgan fingerprint density at radius 3 is 2.41 bits per heavy atom. The molecule has 0 saturated heterocycles. The third-order valence-electron chi connectivity index (χ3n) is 4.49. The molecule has 6 nitrogen and oxygen atoms in total. The number of ether oxygens (including phenoxy) is 1. The monoisotopic (exact) mass is 417 g/mol. The standard InChI is InChI=1S/C22H31N3O3S/c1-5-23-22(25-15-13-19-16-17(2)6-11-21(19)28-3)24-14-12-18-7-9-20(10-8-18)29(4,26)27/h6-11,16H,5,12-15H2,1-4H3,(H2,23,24,25). The summed E-state index contributed by atoms with van der Waals surface area (Å²) in [5.41, 5.74) is 3.43. The molecule has 0 aliphatic rings. The van der Waals surface area contributed by atoms with Gasteiger partial charge in [-0.1, -0.05) is 29.8 Å². The van der Waals surface area contributed by atoms with Gasteiger partial charge in [0.25, 0.3) is 0 Å². The van der Waals surface area contributed by atoms with Crippen LogP contribution in [-0.2, 0) is 22.7 Å². The molecule has 29 heavy (non-hydrogen) atoms. The molecule has 0 atom stereocenters. The summed E-state index contributed by atoms with van der Waals surface area (Å²) in [5.74, 6) is 1.66. The molecule has 2 N–H and O–H groups in total. The van der Waals surface area contributed by atoms with Gasteiger partial charge in [0.1, 0.15) is 5.75 Å². The van der Waals surface area contributed by atoms with E-state index in [0.29, 0.717) is 18.0 Å². The number of sulfone groups is 1. The Kier molecular flexibility index (Phi) is 8.51. The first-order chi connectivity index (χ1) is 13.8. The van der Waals surface area contributed by atoms with E-state index in [4.69, 9.17) is 4.74 Å². The van der Waals surface area contributed by atoms with E-state index in [1.807, 2.05) is 31.2 Å². The molecule has 7 heteroatoms. The predicted octanol–water partition coefficient (Wildman–Crippen LogP) is 2.75. The lowest BCUT2D eigenvalue weighted by atomic mass is 10.1. The molecule has 158 valence electrons. The minimum absolute atomic E-state index is 0.343. The van der Waals surface area contributed by atoms with E-state index < -0.39 is 9.84 Å². The van der Waals surface area contributed by atoms with Gasteiger partial charge in [0.15, 0.2) is 15.8 Å². The summed E-state index contributed by atoms with van der Waals surface area (Å²) in [5, 5.41) is 6.58. The fraction of sp³-hybridized carbons (Fsp3) is 0.409. The number of hydrogen-bond acceptors (Lipinski definition) is 4. The number of nitrogens with zero attached hydrogens (tertiary/aromatic N) is 1. The first-order valence-corrected chi connectivity index (χ1v) is 11.7. The second-order valence-electron chi connectivity index (χ2n) is 6.92. The minimum atomic E-state index is -3.16. The molecule has 0 aliphatic heterocycles. The lowest BCUT2D eigenvalue weighted by Gasteiger charge is -2.12. The zero-order chi connectivity index (χ0) is 21.3. The van der Waals surface area contributed by atoms with Gasteiger partial charge in [-0.25, -0.2) is 8.42 Å². The molecule has 0 bridgehead atoms. The molecular weight excluding hydrogens is 386 g/mol. The Hall–Kier alpha value is -2.54. The topological polar surface area (TPSA) is 79.8 Å². The first kappa shape index (κ1) is 22.7. The molecule has 0 fully saturated rings. The third kappa shape index (κ3) is 7.42. The van der Waals surface area contributed by atoms with Crippen molar-refractivity contribution in [2.75, 3.05) is 33.0 Å². The Morgan fingerprint density at radius 1 is 1.07 bits per heavy atom. The predicted molar refractivity (Wildman–Crippen MR) is 119 cm³/mol. The molecule has 0 radical (unpaired) electrons. The maximum absolute atomic E-state index is 11.5. The van der Waals surface area contributed by atoms with E-state index in [1.54, 1.807) is 19.2 Å². The average Bonchev–Trinajstić information content (AvgIpc) is 2.68. The van der Waals surface area contributed by atoms with Crippen LogP contribution >= 0.6 is 0 Å². The van der Waals surface area contributed by atoms with Crippen LogP contribution in [0.15, 0.2) is 52.4 Å². The van der Waals surface area contributed by atoms with Crippen molar-refractivity contribution in [1.82, 2.24) is 10.6 Å². The smallest absolute Gasteiger partial charge is 0.191 e. The van der Waals surface area contributed by atoms with Crippen molar-refractivity contribution in [2.24, 2.45) is 4.99 Å². The van der Waals surface area contributed by atoms with E-state index in [1.165, 1.54) is 11.8 Å². The van der Waals surface area contributed by atoms with Crippen molar-refractivity contribution < 1.29 is 13.2 Å². The third-order valence-corrected chi connectivity index (χ3v) is 5.62. The van der Waals surface area contributed by atoms with Gasteiger partial charge in [-0.3, -0.25) is 4.99 Å². The highest BCUT2D eigenvalue weighted by molar-refractivity contribution is 7.90. The summed E-state index contributed by atoms with van der Waals surface area (Å²) in [6, 6.07) is 13.2. The normalized spacial score (nSPS) is 11.9. The summed E-state index contributed by atoms with van der Waals surface area (Å²) in [6.45, 7) is 6.24. The van der Waals surface area contributed by atoms with Gasteiger partial charge in [-0.2, -0.15) is 0 Å². The van der Waals surface area contributed by atoms with Crippen molar-refractivity contribution in [3.63, 3.8) is 0 Å². The van der Waals surface area contributed by atoms with Crippen molar-refractivity contribution in [3.8, 4) is 5.75 Å². The average molecular weight is 418 g/mol. The van der Waals surface area contributed by atoms with Crippen LogP contribution in [0.3, 0.4) is 0 Å². The Morgan fingerprint density at radius 2 is 1.79 bits per heavy atom. The van der Waals surface area contributed by atoms with E-state index in [0.717, 1.165) is 42.2 Å². The van der Waals surface area contributed by atoms with Crippen LogP contribution in [0.1, 0.15) is 23.6 Å². The highest BCUT2D eigenvalue weighted by Gasteiger charge is 2.06. The molecule has 0 aromatic heterocycles. The molecule has 2 aromatic rings. The van der Waals surface area contributed by atoms with Gasteiger partial charge in [0, 0.05) is 25.9 Å². The number of aryl methyl sites for hydroxylation is 1. The van der Waals surface area contributed by atoms with Crippen LogP contribution in [0.25, 0.3) is 0 Å². The summed E-state index contributed by atoms with van der Waals surface area (Å²) in [6.07, 6.45) is 2.80. The summed E-state index contributed by atoms with van der Waals surface area (Å²) in [7, 11) is -1.47. The molecule has 0 aliphatic carbocycles. The van der Waals surface area contributed by atoms with Crippen LogP contribution in [0.4, 0.5) is 0 Å². The SMILES string of the molecule is CCNC(=NCCc1cc(C)ccc1OC)NCCc1ccc(S(C)(=O)=O)cc1. The Bertz CT molecular complexity index is 923. The fourth-order valence-electron chi connectivity index (χ4n) is 2.96. The van der Waals surface area contributed by atoms with Gasteiger partial charge in [-0.05, 0) is 56.0 Å². The molecular formula is C22H31N3O3S. The largest absolute Gasteiger partial charge is 0.496 e. The van der Waals surface area contributed by atoms with Crippen molar-refractivity contribution in [1.29, 1.82) is 0 Å². The van der Waals surface area contributed by atoms with Gasteiger partial charge >= 0.3 is 0 Å². The molecule has 0 saturated carbocycles. The maximum Gasteiger partial charge on any atom is 0.191 e. The summed E-state index contributed by atoms with van der Waals surface area (Å²) < 4.78 is 28.5. The minimum Gasteiger partial charge on any atom is -0.496 e. The van der Waals surface area contributed by atoms with E-state index in [2.05, 4.69) is 28.6 Å². The van der Waals surface area contributed by atoms with Crippen LogP contribution in [0, 0.1) is 6.92 Å². The number of methoxy groups -OCH3 is 1.